The molecule has 4 aromatic carbocycles. The highest BCUT2D eigenvalue weighted by atomic mass is 14.3. The number of allylic oxidation sites excluding steroid dienone is 9. The van der Waals surface area contributed by atoms with Crippen molar-refractivity contribution >= 4 is 62.6 Å². The van der Waals surface area contributed by atoms with E-state index in [1.807, 2.05) is 0 Å². The zero-order valence-corrected chi connectivity index (χ0v) is 23.8. The number of hydrogen-bond acceptors (Lipinski definition) is 0. The summed E-state index contributed by atoms with van der Waals surface area (Å²) in [4.78, 5) is 0. The minimum Gasteiger partial charge on any atom is -0.0952 e. The first kappa shape index (κ1) is 24.4. The summed E-state index contributed by atoms with van der Waals surface area (Å²) >= 11 is 0. The Morgan fingerprint density at radius 1 is 0.634 bits per heavy atom. The van der Waals surface area contributed by atoms with Crippen molar-refractivity contribution in [2.75, 3.05) is 0 Å². The average molecular weight is 527 g/mol. The van der Waals surface area contributed by atoms with Crippen LogP contribution in [-0.4, -0.2) is 0 Å². The highest BCUT2D eigenvalue weighted by molar-refractivity contribution is 6.09. The fraction of sp³-hybridized carbons (Fsp3) is 0.171. The number of hydrogen-bond donors (Lipinski definition) is 0. The molecule has 0 saturated carbocycles. The molecule has 0 N–H and O–H groups in total. The second kappa shape index (κ2) is 9.60. The average Bonchev–Trinajstić information content (AvgIpc) is 3.45. The third-order valence-electron chi connectivity index (χ3n) is 9.59. The van der Waals surface area contributed by atoms with Gasteiger partial charge in [0.2, 0.25) is 0 Å². The molecule has 0 aromatic heterocycles. The van der Waals surface area contributed by atoms with Crippen LogP contribution in [0.3, 0.4) is 0 Å². The van der Waals surface area contributed by atoms with Gasteiger partial charge in [0.15, 0.2) is 0 Å². The molecule has 0 heterocycles. The van der Waals surface area contributed by atoms with Crippen LogP contribution < -0.4 is 10.4 Å². The van der Waals surface area contributed by atoms with E-state index in [2.05, 4.69) is 117 Å². The highest BCUT2D eigenvalue weighted by Gasteiger charge is 2.22. The Morgan fingerprint density at radius 2 is 1.27 bits per heavy atom. The molecule has 0 nitrogen and oxygen atoms in total. The van der Waals surface area contributed by atoms with Crippen LogP contribution in [0.4, 0.5) is 0 Å². The molecule has 0 saturated heterocycles. The SMILES string of the molecule is C=C1CCC(c2c3c(c(C4=CC=C(c5ccc6c7c(cccc57)C=C6)CC4)c4ccccc24)=CCCC=3)=CC1=CC. The summed E-state index contributed by atoms with van der Waals surface area (Å²) in [5.74, 6) is 0. The van der Waals surface area contributed by atoms with E-state index in [9.17, 15) is 0 Å². The Hall–Kier alpha value is -4.42. The van der Waals surface area contributed by atoms with Crippen molar-refractivity contribution in [1.29, 1.82) is 0 Å². The molecule has 0 heteroatoms. The number of rotatable bonds is 3. The summed E-state index contributed by atoms with van der Waals surface area (Å²) in [7, 11) is 0. The van der Waals surface area contributed by atoms with Gasteiger partial charge in [-0.15, -0.1) is 0 Å². The van der Waals surface area contributed by atoms with Gasteiger partial charge in [-0.2, -0.15) is 0 Å². The normalized spacial score (nSPS) is 18.6. The van der Waals surface area contributed by atoms with E-state index >= 15 is 0 Å². The summed E-state index contributed by atoms with van der Waals surface area (Å²) in [5, 5.41) is 8.44. The van der Waals surface area contributed by atoms with Crippen LogP contribution in [0.1, 0.15) is 73.3 Å². The Labute approximate surface area is 242 Å². The minimum atomic E-state index is 1.03. The van der Waals surface area contributed by atoms with Gasteiger partial charge in [-0.05, 0) is 133 Å². The molecule has 0 fully saturated rings. The fourth-order valence-electron chi connectivity index (χ4n) is 7.60. The Morgan fingerprint density at radius 3 is 1.98 bits per heavy atom. The van der Waals surface area contributed by atoms with Gasteiger partial charge >= 0.3 is 0 Å². The van der Waals surface area contributed by atoms with Crippen molar-refractivity contribution < 1.29 is 0 Å². The maximum atomic E-state index is 4.33. The zero-order chi connectivity index (χ0) is 27.5. The van der Waals surface area contributed by atoms with E-state index in [0.29, 0.717) is 0 Å². The molecule has 41 heavy (non-hydrogen) atoms. The van der Waals surface area contributed by atoms with Crippen LogP contribution in [0.15, 0.2) is 96.6 Å². The van der Waals surface area contributed by atoms with Crippen LogP contribution in [0.2, 0.25) is 0 Å². The van der Waals surface area contributed by atoms with Gasteiger partial charge in [0, 0.05) is 0 Å². The van der Waals surface area contributed by atoms with Crippen molar-refractivity contribution in [2.24, 2.45) is 0 Å². The summed E-state index contributed by atoms with van der Waals surface area (Å²) in [5.41, 5.74) is 13.9. The van der Waals surface area contributed by atoms with Crippen LogP contribution >= 0.6 is 0 Å². The van der Waals surface area contributed by atoms with Gasteiger partial charge in [-0.3, -0.25) is 0 Å². The molecule has 4 aromatic rings. The zero-order valence-electron chi connectivity index (χ0n) is 23.8. The van der Waals surface area contributed by atoms with Crippen molar-refractivity contribution in [3.05, 3.63) is 135 Å². The lowest BCUT2D eigenvalue weighted by Crippen LogP contribution is -2.34. The van der Waals surface area contributed by atoms with E-state index in [-0.39, 0.29) is 0 Å². The lowest BCUT2D eigenvalue weighted by atomic mass is 9.80. The van der Waals surface area contributed by atoms with E-state index < -0.39 is 0 Å². The third-order valence-corrected chi connectivity index (χ3v) is 9.59. The largest absolute Gasteiger partial charge is 0.0952 e. The molecule has 0 bridgehead atoms. The van der Waals surface area contributed by atoms with Crippen molar-refractivity contribution in [1.82, 2.24) is 0 Å². The van der Waals surface area contributed by atoms with E-state index in [4.69, 9.17) is 0 Å². The molecular formula is C41H34. The molecule has 198 valence electrons. The minimum absolute atomic E-state index is 1.03. The van der Waals surface area contributed by atoms with E-state index in [1.165, 1.54) is 87.7 Å². The van der Waals surface area contributed by atoms with Crippen molar-refractivity contribution in [2.45, 2.75) is 45.4 Å². The summed E-state index contributed by atoms with van der Waals surface area (Å²) in [6, 6.07) is 20.5. The monoisotopic (exact) mass is 526 g/mol. The molecule has 8 rings (SSSR count). The molecule has 0 radical (unpaired) electrons. The Kier molecular flexibility index (Phi) is 5.71. The van der Waals surface area contributed by atoms with Gasteiger partial charge in [-0.1, -0.05) is 110 Å². The van der Waals surface area contributed by atoms with Gasteiger partial charge < -0.3 is 0 Å². The molecule has 0 unspecified atom stereocenters. The van der Waals surface area contributed by atoms with Crippen LogP contribution in [-0.2, 0) is 0 Å². The van der Waals surface area contributed by atoms with Crippen LogP contribution in [0.5, 0.6) is 0 Å². The fourth-order valence-corrected chi connectivity index (χ4v) is 7.60. The maximum Gasteiger partial charge on any atom is -0.00327 e. The summed E-state index contributed by atoms with van der Waals surface area (Å²) < 4.78 is 0. The first-order valence-electron chi connectivity index (χ1n) is 15.2. The number of benzene rings is 4. The van der Waals surface area contributed by atoms with Gasteiger partial charge in [0.25, 0.3) is 0 Å². The maximum absolute atomic E-state index is 4.33. The molecule has 4 aliphatic rings. The van der Waals surface area contributed by atoms with Gasteiger partial charge in [-0.25, -0.2) is 0 Å². The predicted octanol–water partition coefficient (Wildman–Crippen LogP) is 9.77. The molecule has 0 atom stereocenters. The lowest BCUT2D eigenvalue weighted by Gasteiger charge is -2.24. The second-order valence-electron chi connectivity index (χ2n) is 11.8. The quantitative estimate of drug-likeness (QED) is 0.219. The Balaban J connectivity index is 1.31. The van der Waals surface area contributed by atoms with Crippen LogP contribution in [0.25, 0.3) is 62.6 Å². The van der Waals surface area contributed by atoms with Gasteiger partial charge in [0.05, 0.1) is 0 Å². The second-order valence-corrected chi connectivity index (χ2v) is 11.8. The standard InChI is InChI=1S/C41H34/c1-3-27-25-32(16-15-26(27)2)41-37-12-6-4-10-35(37)40(36-11-5-7-13-38(36)41)31-19-17-28(18-20-31)33-24-23-30-22-21-29-9-8-14-34(33)39(29)30/h3-4,6,8-14,17,19,21-25H,2,5,7,15-16,18,20H2,1H3. The van der Waals surface area contributed by atoms with Gasteiger partial charge in [0.1, 0.15) is 0 Å². The molecular weight excluding hydrogens is 492 g/mol. The van der Waals surface area contributed by atoms with E-state index in [0.717, 1.165) is 38.5 Å². The summed E-state index contributed by atoms with van der Waals surface area (Å²) in [6.45, 7) is 6.47. The molecule has 0 spiro atoms. The topological polar surface area (TPSA) is 0 Å². The lowest BCUT2D eigenvalue weighted by molar-refractivity contribution is 0.987. The Bertz CT molecular complexity index is 2090. The highest BCUT2D eigenvalue weighted by Crippen LogP contribution is 2.41. The molecule has 0 aliphatic heterocycles. The predicted molar refractivity (Wildman–Crippen MR) is 180 cm³/mol. The molecule has 0 amide bonds. The third kappa shape index (κ3) is 3.81. The van der Waals surface area contributed by atoms with Crippen molar-refractivity contribution in [3.8, 4) is 0 Å². The first-order chi connectivity index (χ1) is 20.2. The summed E-state index contributed by atoms with van der Waals surface area (Å²) in [6.07, 6.45) is 25.4. The van der Waals surface area contributed by atoms with E-state index in [1.54, 1.807) is 0 Å². The smallest absolute Gasteiger partial charge is 0.00327 e. The van der Waals surface area contributed by atoms with Crippen LogP contribution in [0, 0.1) is 0 Å². The van der Waals surface area contributed by atoms with Crippen molar-refractivity contribution in [3.63, 3.8) is 0 Å². The number of fused-ring (bicyclic) bond motifs is 2. The molecule has 4 aliphatic carbocycles. The first-order valence-corrected chi connectivity index (χ1v) is 15.2.